The molecule has 0 saturated carbocycles. The van der Waals surface area contributed by atoms with Crippen molar-refractivity contribution in [3.63, 3.8) is 0 Å². The monoisotopic (exact) mass is 829 g/mol. The third-order valence-corrected chi connectivity index (χ3v) is 9.78. The summed E-state index contributed by atoms with van der Waals surface area (Å²) < 4.78 is 120. The highest BCUT2D eigenvalue weighted by molar-refractivity contribution is 5.88. The molecule has 0 radical (unpaired) electrons. The molecule has 0 unspecified atom stereocenters. The Kier molecular flexibility index (Phi) is 11.9. The molecule has 0 atom stereocenters. The second-order valence-electron chi connectivity index (χ2n) is 13.9. The number of nitrogens with zero attached hydrogens (tertiary/aromatic N) is 9. The molecular weight excluding hydrogens is 793 g/mol. The third kappa shape index (κ3) is 9.97. The first-order valence-electron chi connectivity index (χ1n) is 18.6. The number of hydrogen-bond donors (Lipinski definition) is 2. The lowest BCUT2D eigenvalue weighted by Gasteiger charge is -2.31. The first-order chi connectivity index (χ1) is 28.1. The van der Waals surface area contributed by atoms with Crippen LogP contribution in [0.3, 0.4) is 0 Å². The van der Waals surface area contributed by atoms with E-state index in [9.17, 15) is 39.5 Å². The summed E-state index contributed by atoms with van der Waals surface area (Å²) in [7, 11) is 0. The summed E-state index contributed by atoms with van der Waals surface area (Å²) in [5.41, 5.74) is -0.826. The second kappa shape index (κ2) is 17.0. The highest BCUT2D eigenvalue weighted by Gasteiger charge is 2.36. The number of anilines is 4. The Bertz CT molecular complexity index is 2380. The molecule has 1 aromatic carbocycles. The van der Waals surface area contributed by atoms with Gasteiger partial charge in [-0.25, -0.2) is 23.1 Å². The fourth-order valence-corrected chi connectivity index (χ4v) is 6.68. The van der Waals surface area contributed by atoms with E-state index in [2.05, 4.69) is 45.5 Å². The number of fused-ring (bicyclic) bond motifs is 2. The van der Waals surface area contributed by atoms with Crippen LogP contribution in [0.1, 0.15) is 48.1 Å². The smallest absolute Gasteiger partial charge is 0.365 e. The summed E-state index contributed by atoms with van der Waals surface area (Å²) in [4.78, 5) is 33.1. The van der Waals surface area contributed by atoms with Gasteiger partial charge in [0.2, 0.25) is 11.9 Å². The predicted octanol–water partition coefficient (Wildman–Crippen LogP) is 8.88. The molecule has 0 aliphatic carbocycles. The molecule has 2 aliphatic rings. The Labute approximate surface area is 331 Å². The van der Waals surface area contributed by atoms with E-state index in [1.165, 1.54) is 36.5 Å². The number of hydrogen-bond acceptors (Lipinski definition) is 11. The molecule has 59 heavy (non-hydrogen) atoms. The van der Waals surface area contributed by atoms with E-state index < -0.39 is 35.7 Å². The van der Waals surface area contributed by atoms with Crippen LogP contribution >= 0.6 is 0 Å². The van der Waals surface area contributed by atoms with E-state index in [4.69, 9.17) is 0 Å². The number of aromatic nitrogens is 7. The van der Waals surface area contributed by atoms with Crippen molar-refractivity contribution in [1.29, 1.82) is 0 Å². The van der Waals surface area contributed by atoms with Crippen LogP contribution in [0.4, 0.5) is 63.0 Å². The minimum absolute atomic E-state index is 0.00967. The molecule has 310 valence electrons. The van der Waals surface area contributed by atoms with Crippen molar-refractivity contribution >= 4 is 45.6 Å². The number of alkyl halides is 9. The quantitative estimate of drug-likeness (QED) is 0.143. The van der Waals surface area contributed by atoms with E-state index in [-0.39, 0.29) is 56.1 Å². The van der Waals surface area contributed by atoms with Crippen molar-refractivity contribution in [2.24, 2.45) is 0 Å². The number of nitrogens with one attached hydrogen (secondary N) is 2. The minimum Gasteiger partial charge on any atom is -0.365 e. The normalized spacial score (nSPS) is 16.2. The highest BCUT2D eigenvalue weighted by Crippen LogP contribution is 2.35. The Hall–Kier alpha value is -6.08. The molecule has 20 heteroatoms. The fourth-order valence-electron chi connectivity index (χ4n) is 6.68. The largest absolute Gasteiger partial charge is 0.433 e. The Morgan fingerprint density at radius 3 is 1.64 bits per heavy atom. The fraction of sp³-hybridized carbons (Fsp3) is 0.359. The van der Waals surface area contributed by atoms with Crippen LogP contribution in [0, 0.1) is 0 Å². The molecule has 2 N–H and O–H groups in total. The zero-order chi connectivity index (χ0) is 41.8. The van der Waals surface area contributed by atoms with Crippen molar-refractivity contribution in [2.45, 2.75) is 63.2 Å². The van der Waals surface area contributed by atoms with Gasteiger partial charge in [-0.3, -0.25) is 4.98 Å². The van der Waals surface area contributed by atoms with Crippen molar-refractivity contribution in [1.82, 2.24) is 34.9 Å². The number of rotatable bonds is 8. The van der Waals surface area contributed by atoms with Crippen LogP contribution < -0.4 is 20.4 Å². The zero-order valence-corrected chi connectivity index (χ0v) is 31.1. The second-order valence-corrected chi connectivity index (χ2v) is 13.9. The van der Waals surface area contributed by atoms with Crippen LogP contribution in [0.15, 0.2) is 79.3 Å². The molecule has 8 rings (SSSR count). The molecule has 7 heterocycles. The van der Waals surface area contributed by atoms with Crippen LogP contribution in [-0.4, -0.2) is 73.2 Å². The van der Waals surface area contributed by atoms with Gasteiger partial charge in [-0.05, 0) is 54.8 Å². The Balaban J connectivity index is 0.000000179. The van der Waals surface area contributed by atoms with Gasteiger partial charge < -0.3 is 20.4 Å². The number of pyridine rings is 3. The SMILES string of the molecule is FC1(F)CCN(c2nc(NCc3ccccc3C(F)(F)F)c3cccnc3n2)CC1.FC1CCN(c2nc(NCc3cccnc3C(F)(F)F)c3cccnc3n2)CC1. The zero-order valence-electron chi connectivity index (χ0n) is 31.1. The Morgan fingerprint density at radius 1 is 0.593 bits per heavy atom. The number of halogens is 9. The van der Waals surface area contributed by atoms with Gasteiger partial charge in [-0.2, -0.15) is 46.3 Å². The number of benzene rings is 1. The lowest BCUT2D eigenvalue weighted by molar-refractivity contribution is -0.142. The lowest BCUT2D eigenvalue weighted by atomic mass is 10.1. The molecule has 0 spiro atoms. The van der Waals surface area contributed by atoms with Gasteiger partial charge in [0, 0.05) is 76.3 Å². The molecule has 6 aromatic rings. The van der Waals surface area contributed by atoms with Gasteiger partial charge in [-0.1, -0.05) is 24.3 Å². The molecule has 0 bridgehead atoms. The van der Waals surface area contributed by atoms with E-state index in [1.54, 1.807) is 35.4 Å². The van der Waals surface area contributed by atoms with Crippen LogP contribution in [0.5, 0.6) is 0 Å². The minimum atomic E-state index is -4.55. The van der Waals surface area contributed by atoms with Crippen molar-refractivity contribution in [3.05, 3.63) is 102 Å². The summed E-state index contributed by atoms with van der Waals surface area (Å²) >= 11 is 0. The van der Waals surface area contributed by atoms with Crippen molar-refractivity contribution in [3.8, 4) is 0 Å². The standard InChI is InChI=1S/C20H18F5N5.C19H18F4N6/c21-19(22)7-10-30(11-8-19)18-28-16-14(5-3-9-26-16)17(29-18)27-12-13-4-1-2-6-15(13)20(23,24)25;20-13-5-9-29(10-6-13)18-27-16-14(4-2-8-25-16)17(28-18)26-11-12-3-1-7-24-15(12)19(21,22)23/h1-6,9H,7-8,10-12H2,(H,26,27,28,29);1-4,7-8,13H,5-6,9-11H2,(H,25,26,27,28). The predicted molar refractivity (Wildman–Crippen MR) is 203 cm³/mol. The van der Waals surface area contributed by atoms with E-state index in [1.807, 2.05) is 4.90 Å². The summed E-state index contributed by atoms with van der Waals surface area (Å²) in [5.74, 6) is -1.43. The molecular formula is C39H36F9N11. The summed E-state index contributed by atoms with van der Waals surface area (Å²) in [5, 5.41) is 7.05. The summed E-state index contributed by atoms with van der Waals surface area (Å²) in [6, 6.07) is 14.9. The lowest BCUT2D eigenvalue weighted by Crippen LogP contribution is -2.40. The van der Waals surface area contributed by atoms with Crippen molar-refractivity contribution in [2.75, 3.05) is 46.6 Å². The van der Waals surface area contributed by atoms with Crippen LogP contribution in [0.25, 0.3) is 22.1 Å². The summed E-state index contributed by atoms with van der Waals surface area (Å²) in [6.45, 7) is 0.882. The maximum Gasteiger partial charge on any atom is 0.433 e. The van der Waals surface area contributed by atoms with E-state index in [0.29, 0.717) is 65.6 Å². The van der Waals surface area contributed by atoms with Gasteiger partial charge in [0.1, 0.15) is 23.5 Å². The van der Waals surface area contributed by atoms with Crippen molar-refractivity contribution < 1.29 is 39.5 Å². The maximum absolute atomic E-state index is 13.5. The first kappa shape index (κ1) is 41.1. The topological polar surface area (TPSA) is 121 Å². The van der Waals surface area contributed by atoms with Gasteiger partial charge in [-0.15, -0.1) is 0 Å². The summed E-state index contributed by atoms with van der Waals surface area (Å²) in [6.07, 6.45) is -5.47. The van der Waals surface area contributed by atoms with Crippen LogP contribution in [-0.2, 0) is 25.4 Å². The van der Waals surface area contributed by atoms with Gasteiger partial charge in [0.25, 0.3) is 5.92 Å². The molecule has 5 aromatic heterocycles. The Morgan fingerprint density at radius 2 is 1.08 bits per heavy atom. The molecule has 0 amide bonds. The average molecular weight is 830 g/mol. The molecule has 2 aliphatic heterocycles. The number of piperidine rings is 2. The maximum atomic E-state index is 13.5. The van der Waals surface area contributed by atoms with Gasteiger partial charge >= 0.3 is 12.4 Å². The molecule has 2 saturated heterocycles. The van der Waals surface area contributed by atoms with Gasteiger partial charge in [0.15, 0.2) is 11.3 Å². The van der Waals surface area contributed by atoms with Crippen LogP contribution in [0.2, 0.25) is 0 Å². The molecule has 2 fully saturated rings. The van der Waals surface area contributed by atoms with E-state index >= 15 is 0 Å². The highest BCUT2D eigenvalue weighted by atomic mass is 19.4. The third-order valence-electron chi connectivity index (χ3n) is 9.78. The van der Waals surface area contributed by atoms with E-state index in [0.717, 1.165) is 12.3 Å². The molecule has 11 nitrogen and oxygen atoms in total. The first-order valence-corrected chi connectivity index (χ1v) is 18.6. The average Bonchev–Trinajstić information content (AvgIpc) is 3.22. The van der Waals surface area contributed by atoms with Gasteiger partial charge in [0.05, 0.1) is 16.3 Å².